The molecule has 3 rings (SSSR count). The largest absolute Gasteiger partial charge is 0.508 e. The summed E-state index contributed by atoms with van der Waals surface area (Å²) in [6.07, 6.45) is 2.58. The number of amides is 1. The molecule has 5 heteroatoms. The second-order valence-electron chi connectivity index (χ2n) is 7.64. The Hall–Kier alpha value is -1.59. The predicted molar refractivity (Wildman–Crippen MR) is 90.9 cm³/mol. The zero-order valence-electron chi connectivity index (χ0n) is 14.6. The SMILES string of the molecule is CC(C)(Cc1ccc(O)cc1)C(=O)N1CCOC2(CCCOC2)C1. The molecule has 2 fully saturated rings. The van der Waals surface area contributed by atoms with Crippen LogP contribution in [0.3, 0.4) is 0 Å². The van der Waals surface area contributed by atoms with Crippen LogP contribution in [-0.4, -0.2) is 54.4 Å². The molecule has 0 bridgehead atoms. The summed E-state index contributed by atoms with van der Waals surface area (Å²) in [5.41, 5.74) is 0.237. The number of phenolic OH excluding ortho intramolecular Hbond substituents is 1. The minimum absolute atomic E-state index is 0.156. The number of hydrogen-bond acceptors (Lipinski definition) is 4. The van der Waals surface area contributed by atoms with E-state index in [-0.39, 0.29) is 17.3 Å². The van der Waals surface area contributed by atoms with Crippen molar-refractivity contribution in [3.05, 3.63) is 29.8 Å². The van der Waals surface area contributed by atoms with Gasteiger partial charge in [-0.05, 0) is 37.0 Å². The molecule has 0 aromatic heterocycles. The number of rotatable bonds is 3. The number of hydrogen-bond donors (Lipinski definition) is 1. The Balaban J connectivity index is 1.68. The molecule has 1 N–H and O–H groups in total. The second kappa shape index (κ2) is 6.73. The lowest BCUT2D eigenvalue weighted by atomic mass is 9.83. The Labute approximate surface area is 143 Å². The van der Waals surface area contributed by atoms with E-state index in [2.05, 4.69) is 0 Å². The van der Waals surface area contributed by atoms with Gasteiger partial charge in [-0.1, -0.05) is 26.0 Å². The summed E-state index contributed by atoms with van der Waals surface area (Å²) in [7, 11) is 0. The highest BCUT2D eigenvalue weighted by Crippen LogP contribution is 2.31. The standard InChI is InChI=1S/C19H27NO4/c1-18(2,12-15-4-6-16(21)7-5-15)17(22)20-9-11-24-19(13-20)8-3-10-23-14-19/h4-7,21H,3,8-14H2,1-2H3. The van der Waals surface area contributed by atoms with Crippen molar-refractivity contribution in [3.8, 4) is 5.75 Å². The summed E-state index contributed by atoms with van der Waals surface area (Å²) >= 11 is 0. The number of benzene rings is 1. The Morgan fingerprint density at radius 1 is 1.29 bits per heavy atom. The van der Waals surface area contributed by atoms with E-state index in [0.717, 1.165) is 25.0 Å². The van der Waals surface area contributed by atoms with Crippen LogP contribution in [0, 0.1) is 5.41 Å². The van der Waals surface area contributed by atoms with Crippen LogP contribution in [-0.2, 0) is 20.7 Å². The maximum Gasteiger partial charge on any atom is 0.228 e. The Morgan fingerprint density at radius 3 is 2.71 bits per heavy atom. The highest BCUT2D eigenvalue weighted by Gasteiger charge is 2.43. The lowest BCUT2D eigenvalue weighted by molar-refractivity contribution is -0.181. The topological polar surface area (TPSA) is 59.0 Å². The fraction of sp³-hybridized carbons (Fsp3) is 0.632. The molecular formula is C19H27NO4. The molecule has 5 nitrogen and oxygen atoms in total. The third-order valence-corrected chi connectivity index (χ3v) is 4.98. The minimum Gasteiger partial charge on any atom is -0.508 e. The third-order valence-electron chi connectivity index (χ3n) is 4.98. The van der Waals surface area contributed by atoms with Gasteiger partial charge in [-0.2, -0.15) is 0 Å². The lowest BCUT2D eigenvalue weighted by Crippen LogP contribution is -2.59. The maximum absolute atomic E-state index is 13.1. The van der Waals surface area contributed by atoms with Crippen molar-refractivity contribution in [1.29, 1.82) is 0 Å². The molecule has 1 atom stereocenters. The molecule has 1 aromatic carbocycles. The first-order valence-corrected chi connectivity index (χ1v) is 8.69. The molecule has 1 aromatic rings. The van der Waals surface area contributed by atoms with E-state index in [1.807, 2.05) is 30.9 Å². The molecule has 1 unspecified atom stereocenters. The van der Waals surface area contributed by atoms with Crippen molar-refractivity contribution < 1.29 is 19.4 Å². The van der Waals surface area contributed by atoms with E-state index >= 15 is 0 Å². The summed E-state index contributed by atoms with van der Waals surface area (Å²) in [5, 5.41) is 9.41. The van der Waals surface area contributed by atoms with E-state index in [4.69, 9.17) is 9.47 Å². The van der Waals surface area contributed by atoms with Gasteiger partial charge in [-0.15, -0.1) is 0 Å². The quantitative estimate of drug-likeness (QED) is 0.922. The van der Waals surface area contributed by atoms with Gasteiger partial charge < -0.3 is 19.5 Å². The van der Waals surface area contributed by atoms with Gasteiger partial charge in [0.25, 0.3) is 0 Å². The Morgan fingerprint density at radius 2 is 2.04 bits per heavy atom. The molecule has 0 aliphatic carbocycles. The smallest absolute Gasteiger partial charge is 0.228 e. The van der Waals surface area contributed by atoms with Crippen molar-refractivity contribution in [3.63, 3.8) is 0 Å². The van der Waals surface area contributed by atoms with Gasteiger partial charge in [0.05, 0.1) is 19.8 Å². The number of phenols is 1. The van der Waals surface area contributed by atoms with Crippen LogP contribution in [0.15, 0.2) is 24.3 Å². The normalized spacial score (nSPS) is 25.0. The number of morpholine rings is 1. The van der Waals surface area contributed by atoms with Crippen LogP contribution in [0.2, 0.25) is 0 Å². The zero-order valence-corrected chi connectivity index (χ0v) is 14.6. The highest BCUT2D eigenvalue weighted by atomic mass is 16.5. The number of carbonyl (C=O) groups is 1. The molecule has 2 heterocycles. The maximum atomic E-state index is 13.1. The van der Waals surface area contributed by atoms with Gasteiger partial charge in [0.15, 0.2) is 0 Å². The van der Waals surface area contributed by atoms with Crippen LogP contribution in [0.4, 0.5) is 0 Å². The lowest BCUT2D eigenvalue weighted by Gasteiger charge is -2.46. The van der Waals surface area contributed by atoms with E-state index in [9.17, 15) is 9.90 Å². The summed E-state index contributed by atoms with van der Waals surface area (Å²) in [6, 6.07) is 7.08. The molecule has 2 aliphatic heterocycles. The van der Waals surface area contributed by atoms with Crippen molar-refractivity contribution >= 4 is 5.91 Å². The molecule has 24 heavy (non-hydrogen) atoms. The van der Waals surface area contributed by atoms with Crippen molar-refractivity contribution in [1.82, 2.24) is 4.90 Å². The molecule has 132 valence electrons. The van der Waals surface area contributed by atoms with Gasteiger partial charge in [-0.3, -0.25) is 4.79 Å². The fourth-order valence-corrected chi connectivity index (χ4v) is 3.71. The fourth-order valence-electron chi connectivity index (χ4n) is 3.71. The van der Waals surface area contributed by atoms with Crippen LogP contribution < -0.4 is 0 Å². The van der Waals surface area contributed by atoms with E-state index in [1.165, 1.54) is 0 Å². The predicted octanol–water partition coefficient (Wildman–Crippen LogP) is 2.37. The van der Waals surface area contributed by atoms with Crippen molar-refractivity contribution in [2.24, 2.45) is 5.41 Å². The van der Waals surface area contributed by atoms with Gasteiger partial charge in [0, 0.05) is 18.6 Å². The number of ether oxygens (including phenoxy) is 2. The molecule has 1 spiro atoms. The summed E-state index contributed by atoms with van der Waals surface area (Å²) in [6.45, 7) is 7.17. The first kappa shape index (κ1) is 17.2. The van der Waals surface area contributed by atoms with Crippen molar-refractivity contribution in [2.45, 2.75) is 38.7 Å². The van der Waals surface area contributed by atoms with Crippen LogP contribution in [0.25, 0.3) is 0 Å². The molecular weight excluding hydrogens is 306 g/mol. The van der Waals surface area contributed by atoms with Gasteiger partial charge >= 0.3 is 0 Å². The van der Waals surface area contributed by atoms with Gasteiger partial charge in [0.2, 0.25) is 5.91 Å². The van der Waals surface area contributed by atoms with Crippen LogP contribution in [0.5, 0.6) is 5.75 Å². The van der Waals surface area contributed by atoms with Gasteiger partial charge in [-0.25, -0.2) is 0 Å². The van der Waals surface area contributed by atoms with E-state index < -0.39 is 5.41 Å². The first-order chi connectivity index (χ1) is 11.4. The van der Waals surface area contributed by atoms with Gasteiger partial charge in [0.1, 0.15) is 11.4 Å². The van der Waals surface area contributed by atoms with E-state index in [0.29, 0.717) is 32.7 Å². The Kier molecular flexibility index (Phi) is 4.83. The molecule has 2 saturated heterocycles. The molecule has 0 radical (unpaired) electrons. The van der Waals surface area contributed by atoms with Crippen LogP contribution in [0.1, 0.15) is 32.3 Å². The third kappa shape index (κ3) is 3.73. The summed E-state index contributed by atoms with van der Waals surface area (Å²) in [4.78, 5) is 15.0. The number of carbonyl (C=O) groups excluding carboxylic acids is 1. The summed E-state index contributed by atoms with van der Waals surface area (Å²) in [5.74, 6) is 0.402. The van der Waals surface area contributed by atoms with Crippen molar-refractivity contribution in [2.75, 3.05) is 32.9 Å². The zero-order chi connectivity index (χ0) is 17.2. The van der Waals surface area contributed by atoms with Crippen LogP contribution >= 0.6 is 0 Å². The first-order valence-electron chi connectivity index (χ1n) is 8.69. The monoisotopic (exact) mass is 333 g/mol. The number of aromatic hydroxyl groups is 1. The molecule has 1 amide bonds. The molecule has 2 aliphatic rings. The Bertz CT molecular complexity index is 570. The minimum atomic E-state index is -0.495. The number of nitrogens with zero attached hydrogens (tertiary/aromatic N) is 1. The van der Waals surface area contributed by atoms with E-state index in [1.54, 1.807) is 12.1 Å². The highest BCUT2D eigenvalue weighted by molar-refractivity contribution is 5.82. The average Bonchev–Trinajstić information content (AvgIpc) is 2.57. The summed E-state index contributed by atoms with van der Waals surface area (Å²) < 4.78 is 11.6. The molecule has 0 saturated carbocycles. The average molecular weight is 333 g/mol. The second-order valence-corrected chi connectivity index (χ2v) is 7.64.